The molecule has 1 heterocycles. The Balaban J connectivity index is 1.71. The van der Waals surface area contributed by atoms with Gasteiger partial charge in [-0.3, -0.25) is 4.57 Å². The number of oxazole rings is 1. The Hall–Kier alpha value is -2.38. The highest BCUT2D eigenvalue weighted by Crippen LogP contribution is 2.15. The van der Waals surface area contributed by atoms with E-state index in [4.69, 9.17) is 4.42 Å². The van der Waals surface area contributed by atoms with E-state index >= 15 is 0 Å². The second-order valence-electron chi connectivity index (χ2n) is 5.69. The molecule has 1 N–H and O–H groups in total. The van der Waals surface area contributed by atoms with Crippen molar-refractivity contribution in [3.05, 3.63) is 64.1 Å². The molecule has 0 aliphatic carbocycles. The minimum Gasteiger partial charge on any atom is -0.408 e. The highest BCUT2D eigenvalue weighted by molar-refractivity contribution is 7.89. The summed E-state index contributed by atoms with van der Waals surface area (Å²) in [6.07, 6.45) is 0.514. The standard InChI is InChI=1S/C17H18N2O4S/c1-12-3-6-14(7-4-12)24(21,22)18-10-9-13-5-8-16-15(11-13)19(2)17(20)23-16/h3-8,11,18H,9-10H2,1-2H3. The Morgan fingerprint density at radius 3 is 2.54 bits per heavy atom. The molecular formula is C17H18N2O4S. The Morgan fingerprint density at radius 1 is 1.12 bits per heavy atom. The quantitative estimate of drug-likeness (QED) is 0.766. The second-order valence-corrected chi connectivity index (χ2v) is 7.46. The highest BCUT2D eigenvalue weighted by atomic mass is 32.2. The van der Waals surface area contributed by atoms with Gasteiger partial charge in [0.25, 0.3) is 0 Å². The van der Waals surface area contributed by atoms with Crippen LogP contribution in [0.5, 0.6) is 0 Å². The maximum absolute atomic E-state index is 12.2. The minimum atomic E-state index is -3.52. The van der Waals surface area contributed by atoms with Crippen LogP contribution in [0.3, 0.4) is 0 Å². The molecule has 6 nitrogen and oxygen atoms in total. The summed E-state index contributed by atoms with van der Waals surface area (Å²) in [6, 6.07) is 12.1. The topological polar surface area (TPSA) is 81.3 Å². The van der Waals surface area contributed by atoms with Gasteiger partial charge in [0.05, 0.1) is 10.4 Å². The van der Waals surface area contributed by atoms with Crippen molar-refractivity contribution in [3.8, 4) is 0 Å². The van der Waals surface area contributed by atoms with Crippen molar-refractivity contribution in [2.75, 3.05) is 6.54 Å². The van der Waals surface area contributed by atoms with Crippen molar-refractivity contribution in [1.29, 1.82) is 0 Å². The first-order valence-corrected chi connectivity index (χ1v) is 9.00. The largest absolute Gasteiger partial charge is 0.419 e. The molecule has 126 valence electrons. The van der Waals surface area contributed by atoms with Gasteiger partial charge < -0.3 is 4.42 Å². The summed E-state index contributed by atoms with van der Waals surface area (Å²) in [4.78, 5) is 11.7. The summed E-state index contributed by atoms with van der Waals surface area (Å²) in [5.74, 6) is -0.415. The van der Waals surface area contributed by atoms with Crippen molar-refractivity contribution in [3.63, 3.8) is 0 Å². The lowest BCUT2D eigenvalue weighted by Gasteiger charge is -2.07. The fourth-order valence-electron chi connectivity index (χ4n) is 2.46. The Morgan fingerprint density at radius 2 is 1.83 bits per heavy atom. The molecule has 0 bridgehead atoms. The molecule has 0 saturated carbocycles. The lowest BCUT2D eigenvalue weighted by Crippen LogP contribution is -2.26. The molecule has 24 heavy (non-hydrogen) atoms. The average molecular weight is 346 g/mol. The average Bonchev–Trinajstić information content (AvgIpc) is 2.82. The number of hydrogen-bond acceptors (Lipinski definition) is 4. The maximum atomic E-state index is 12.2. The van der Waals surface area contributed by atoms with E-state index in [0.29, 0.717) is 17.5 Å². The summed E-state index contributed by atoms with van der Waals surface area (Å²) in [7, 11) is -1.88. The summed E-state index contributed by atoms with van der Waals surface area (Å²) in [5, 5.41) is 0. The maximum Gasteiger partial charge on any atom is 0.419 e. The predicted octanol–water partition coefficient (Wildman–Crippen LogP) is 1.96. The second kappa shape index (κ2) is 6.26. The summed E-state index contributed by atoms with van der Waals surface area (Å²) < 4.78 is 33.6. The molecule has 3 aromatic rings. The summed E-state index contributed by atoms with van der Waals surface area (Å²) in [6.45, 7) is 2.18. The zero-order chi connectivity index (χ0) is 17.3. The number of nitrogens with one attached hydrogen (secondary N) is 1. The van der Waals surface area contributed by atoms with E-state index in [1.807, 2.05) is 19.1 Å². The van der Waals surface area contributed by atoms with Crippen LogP contribution in [0.25, 0.3) is 11.1 Å². The van der Waals surface area contributed by atoms with E-state index in [0.717, 1.165) is 11.1 Å². The van der Waals surface area contributed by atoms with Crippen LogP contribution in [-0.4, -0.2) is 19.5 Å². The van der Waals surface area contributed by atoms with E-state index in [9.17, 15) is 13.2 Å². The van der Waals surface area contributed by atoms with E-state index in [-0.39, 0.29) is 11.4 Å². The third-order valence-electron chi connectivity index (χ3n) is 3.89. The van der Waals surface area contributed by atoms with Gasteiger partial charge in [-0.05, 0) is 43.2 Å². The van der Waals surface area contributed by atoms with Gasteiger partial charge >= 0.3 is 5.76 Å². The molecule has 0 saturated heterocycles. The van der Waals surface area contributed by atoms with E-state index in [2.05, 4.69) is 4.72 Å². The first-order valence-electron chi connectivity index (χ1n) is 7.51. The van der Waals surface area contributed by atoms with Crippen LogP contribution < -0.4 is 10.5 Å². The lowest BCUT2D eigenvalue weighted by atomic mass is 10.1. The fraction of sp³-hybridized carbons (Fsp3) is 0.235. The van der Waals surface area contributed by atoms with Gasteiger partial charge in [0.15, 0.2) is 5.58 Å². The molecule has 1 aromatic heterocycles. The monoisotopic (exact) mass is 346 g/mol. The third-order valence-corrected chi connectivity index (χ3v) is 5.37. The van der Waals surface area contributed by atoms with Gasteiger partial charge in [-0.1, -0.05) is 23.8 Å². The number of sulfonamides is 1. The van der Waals surface area contributed by atoms with E-state index < -0.39 is 15.8 Å². The number of benzene rings is 2. The van der Waals surface area contributed by atoms with Crippen LogP contribution in [0, 0.1) is 6.92 Å². The molecule has 2 aromatic carbocycles. The van der Waals surface area contributed by atoms with Crippen molar-refractivity contribution < 1.29 is 12.8 Å². The Labute approximate surface area is 139 Å². The molecule has 3 rings (SSSR count). The Kier molecular flexibility index (Phi) is 4.29. The van der Waals surface area contributed by atoms with E-state index in [1.165, 1.54) is 4.57 Å². The van der Waals surface area contributed by atoms with Crippen molar-refractivity contribution >= 4 is 21.1 Å². The molecule has 0 aliphatic heterocycles. The minimum absolute atomic E-state index is 0.251. The van der Waals surface area contributed by atoms with Crippen LogP contribution >= 0.6 is 0 Å². The van der Waals surface area contributed by atoms with Gasteiger partial charge in [-0.25, -0.2) is 17.9 Å². The summed E-state index contributed by atoms with van der Waals surface area (Å²) >= 11 is 0. The molecule has 0 radical (unpaired) electrons. The molecule has 0 amide bonds. The zero-order valence-corrected chi connectivity index (χ0v) is 14.3. The molecule has 0 fully saturated rings. The SMILES string of the molecule is Cc1ccc(S(=O)(=O)NCCc2ccc3oc(=O)n(C)c3c2)cc1. The lowest BCUT2D eigenvalue weighted by molar-refractivity contribution is 0.528. The smallest absolute Gasteiger partial charge is 0.408 e. The first-order chi connectivity index (χ1) is 11.4. The number of aryl methyl sites for hydroxylation is 2. The Bertz CT molecular complexity index is 1030. The van der Waals surface area contributed by atoms with Crippen LogP contribution in [0.15, 0.2) is 56.6 Å². The molecule has 0 aliphatic rings. The zero-order valence-electron chi connectivity index (χ0n) is 13.4. The van der Waals surface area contributed by atoms with Crippen LogP contribution in [-0.2, 0) is 23.5 Å². The van der Waals surface area contributed by atoms with Crippen LogP contribution in [0.4, 0.5) is 0 Å². The predicted molar refractivity (Wildman–Crippen MR) is 91.5 cm³/mol. The van der Waals surface area contributed by atoms with E-state index in [1.54, 1.807) is 37.4 Å². The van der Waals surface area contributed by atoms with Gasteiger partial charge in [-0.2, -0.15) is 0 Å². The number of aromatic nitrogens is 1. The van der Waals surface area contributed by atoms with Crippen molar-refractivity contribution in [2.24, 2.45) is 7.05 Å². The van der Waals surface area contributed by atoms with Gasteiger partial charge in [-0.15, -0.1) is 0 Å². The van der Waals surface area contributed by atoms with Gasteiger partial charge in [0, 0.05) is 13.6 Å². The van der Waals surface area contributed by atoms with Gasteiger partial charge in [0.2, 0.25) is 10.0 Å². The molecule has 0 atom stereocenters. The third kappa shape index (κ3) is 3.27. The molecule has 0 spiro atoms. The highest BCUT2D eigenvalue weighted by Gasteiger charge is 2.13. The molecular weight excluding hydrogens is 328 g/mol. The van der Waals surface area contributed by atoms with Crippen molar-refractivity contribution in [2.45, 2.75) is 18.2 Å². The van der Waals surface area contributed by atoms with Crippen LogP contribution in [0.2, 0.25) is 0 Å². The first kappa shape index (κ1) is 16.5. The van der Waals surface area contributed by atoms with Crippen molar-refractivity contribution in [1.82, 2.24) is 9.29 Å². The number of nitrogens with zero attached hydrogens (tertiary/aromatic N) is 1. The summed E-state index contributed by atoms with van der Waals surface area (Å²) in [5.41, 5.74) is 3.14. The normalized spacial score (nSPS) is 11.9. The van der Waals surface area contributed by atoms with Gasteiger partial charge in [0.1, 0.15) is 0 Å². The fourth-order valence-corrected chi connectivity index (χ4v) is 3.49. The number of hydrogen-bond donors (Lipinski definition) is 1. The molecule has 0 unspecified atom stereocenters. The molecule has 7 heteroatoms. The van der Waals surface area contributed by atoms with Crippen LogP contribution in [0.1, 0.15) is 11.1 Å². The number of fused-ring (bicyclic) bond motifs is 1. The number of rotatable bonds is 5.